The molecule has 2 amide bonds. The molecule has 2 aromatic carbocycles. The van der Waals surface area contributed by atoms with Crippen LogP contribution >= 0.6 is 23.2 Å². The van der Waals surface area contributed by atoms with Crippen LogP contribution in [0.2, 0.25) is 10.0 Å². The number of hydrogen-bond donors (Lipinski definition) is 1. The molecule has 2 rings (SSSR count). The van der Waals surface area contributed by atoms with E-state index in [0.29, 0.717) is 29.6 Å². The van der Waals surface area contributed by atoms with Crippen molar-refractivity contribution in [2.75, 3.05) is 6.54 Å². The molecule has 0 aromatic heterocycles. The van der Waals surface area contributed by atoms with E-state index < -0.39 is 6.04 Å². The molecule has 6 heteroatoms. The SMILES string of the molecule is CCCCNC(=O)[C@@H](CC)N(Cc1ccc(Cl)c(Cl)c1)C(=O)Cc1ccc(C)cc1. The molecule has 4 nitrogen and oxygen atoms in total. The maximum atomic E-state index is 13.3. The highest BCUT2D eigenvalue weighted by molar-refractivity contribution is 6.42. The highest BCUT2D eigenvalue weighted by Gasteiger charge is 2.28. The molecule has 1 N–H and O–H groups in total. The van der Waals surface area contributed by atoms with Crippen molar-refractivity contribution >= 4 is 35.0 Å². The number of carbonyl (C=O) groups is 2. The van der Waals surface area contributed by atoms with Gasteiger partial charge in [0.2, 0.25) is 11.8 Å². The zero-order valence-corrected chi connectivity index (χ0v) is 19.4. The first-order chi connectivity index (χ1) is 14.3. The largest absolute Gasteiger partial charge is 0.354 e. The lowest BCUT2D eigenvalue weighted by atomic mass is 10.1. The third-order valence-electron chi connectivity index (χ3n) is 5.03. The number of unbranched alkanes of at least 4 members (excludes halogenated alkanes) is 1. The molecule has 0 saturated carbocycles. The Morgan fingerprint density at radius 3 is 2.27 bits per heavy atom. The summed E-state index contributed by atoms with van der Waals surface area (Å²) in [7, 11) is 0. The maximum absolute atomic E-state index is 13.3. The average molecular weight is 449 g/mol. The third-order valence-corrected chi connectivity index (χ3v) is 5.77. The summed E-state index contributed by atoms with van der Waals surface area (Å²) in [5.74, 6) is -0.217. The summed E-state index contributed by atoms with van der Waals surface area (Å²) in [6.07, 6.45) is 2.67. The van der Waals surface area contributed by atoms with Crippen LogP contribution in [-0.4, -0.2) is 29.3 Å². The van der Waals surface area contributed by atoms with E-state index in [2.05, 4.69) is 12.2 Å². The zero-order chi connectivity index (χ0) is 22.1. The van der Waals surface area contributed by atoms with Gasteiger partial charge in [0.05, 0.1) is 16.5 Å². The summed E-state index contributed by atoms with van der Waals surface area (Å²) in [6, 6.07) is 12.6. The van der Waals surface area contributed by atoms with Gasteiger partial charge in [-0.2, -0.15) is 0 Å². The Morgan fingerprint density at radius 1 is 1.00 bits per heavy atom. The topological polar surface area (TPSA) is 49.4 Å². The van der Waals surface area contributed by atoms with Crippen molar-refractivity contribution in [2.24, 2.45) is 0 Å². The van der Waals surface area contributed by atoms with Crippen LogP contribution in [0.1, 0.15) is 49.8 Å². The molecule has 0 aliphatic carbocycles. The molecule has 0 heterocycles. The van der Waals surface area contributed by atoms with Crippen LogP contribution in [0.3, 0.4) is 0 Å². The Kier molecular flexibility index (Phi) is 9.67. The van der Waals surface area contributed by atoms with Crippen molar-refractivity contribution in [3.63, 3.8) is 0 Å². The first kappa shape index (κ1) is 24.2. The summed E-state index contributed by atoms with van der Waals surface area (Å²) in [6.45, 7) is 6.91. The molecule has 0 spiro atoms. The van der Waals surface area contributed by atoms with E-state index in [1.54, 1.807) is 17.0 Å². The highest BCUT2D eigenvalue weighted by Crippen LogP contribution is 2.24. The van der Waals surface area contributed by atoms with Gasteiger partial charge in [-0.05, 0) is 43.0 Å². The monoisotopic (exact) mass is 448 g/mol. The van der Waals surface area contributed by atoms with Gasteiger partial charge >= 0.3 is 0 Å². The van der Waals surface area contributed by atoms with Crippen LogP contribution in [0.4, 0.5) is 0 Å². The second-order valence-corrected chi connectivity index (χ2v) is 8.32. The van der Waals surface area contributed by atoms with Gasteiger partial charge in [-0.1, -0.05) is 79.4 Å². The standard InChI is InChI=1S/C24H30Cl2N2O2/c1-4-6-13-27-24(30)22(5-2)28(16-19-11-12-20(25)21(26)14-19)23(29)15-18-9-7-17(3)8-10-18/h7-12,14,22H,4-6,13,15-16H2,1-3H3,(H,27,30)/t22-/m1/s1. The van der Waals surface area contributed by atoms with Crippen LogP contribution in [-0.2, 0) is 22.6 Å². The zero-order valence-electron chi connectivity index (χ0n) is 17.9. The molecule has 30 heavy (non-hydrogen) atoms. The summed E-state index contributed by atoms with van der Waals surface area (Å²) >= 11 is 12.2. The molecule has 0 bridgehead atoms. The number of amides is 2. The third kappa shape index (κ3) is 7.03. The van der Waals surface area contributed by atoms with Crippen molar-refractivity contribution in [1.82, 2.24) is 10.2 Å². The predicted octanol–water partition coefficient (Wildman–Crippen LogP) is 5.57. The first-order valence-corrected chi connectivity index (χ1v) is 11.2. The number of carbonyl (C=O) groups excluding carboxylic acids is 2. The van der Waals surface area contributed by atoms with E-state index in [1.807, 2.05) is 44.2 Å². The van der Waals surface area contributed by atoms with Gasteiger partial charge in [0, 0.05) is 13.1 Å². The molecular formula is C24H30Cl2N2O2. The van der Waals surface area contributed by atoms with Gasteiger partial charge < -0.3 is 10.2 Å². The van der Waals surface area contributed by atoms with Crippen LogP contribution in [0.5, 0.6) is 0 Å². The molecule has 0 saturated heterocycles. The summed E-state index contributed by atoms with van der Waals surface area (Å²) < 4.78 is 0. The van der Waals surface area contributed by atoms with Crippen LogP contribution < -0.4 is 5.32 Å². The number of aryl methyl sites for hydroxylation is 1. The van der Waals surface area contributed by atoms with Gasteiger partial charge in [0.15, 0.2) is 0 Å². The van der Waals surface area contributed by atoms with E-state index >= 15 is 0 Å². The van der Waals surface area contributed by atoms with Gasteiger partial charge in [-0.25, -0.2) is 0 Å². The minimum atomic E-state index is -0.547. The fraction of sp³-hybridized carbons (Fsp3) is 0.417. The summed E-state index contributed by atoms with van der Waals surface area (Å²) in [5.41, 5.74) is 2.90. The van der Waals surface area contributed by atoms with Crippen molar-refractivity contribution in [2.45, 2.75) is 59.0 Å². The Bertz CT molecular complexity index is 853. The minimum Gasteiger partial charge on any atom is -0.354 e. The van der Waals surface area contributed by atoms with E-state index in [0.717, 1.165) is 29.5 Å². The second kappa shape index (κ2) is 12.0. The molecule has 0 radical (unpaired) electrons. The Hall–Kier alpha value is -2.04. The van der Waals surface area contributed by atoms with Crippen molar-refractivity contribution in [1.29, 1.82) is 0 Å². The highest BCUT2D eigenvalue weighted by atomic mass is 35.5. The van der Waals surface area contributed by atoms with Gasteiger partial charge in [0.25, 0.3) is 0 Å². The van der Waals surface area contributed by atoms with E-state index in [4.69, 9.17) is 23.2 Å². The van der Waals surface area contributed by atoms with Crippen LogP contribution in [0.15, 0.2) is 42.5 Å². The van der Waals surface area contributed by atoms with Gasteiger partial charge in [-0.3, -0.25) is 9.59 Å². The molecule has 0 aliphatic rings. The van der Waals surface area contributed by atoms with E-state index in [1.165, 1.54) is 0 Å². The Morgan fingerprint density at radius 2 is 1.67 bits per heavy atom. The minimum absolute atomic E-state index is 0.0950. The van der Waals surface area contributed by atoms with E-state index in [9.17, 15) is 9.59 Å². The number of halogens is 2. The van der Waals surface area contributed by atoms with Crippen LogP contribution in [0, 0.1) is 6.92 Å². The molecule has 162 valence electrons. The smallest absolute Gasteiger partial charge is 0.242 e. The molecule has 0 fully saturated rings. The van der Waals surface area contributed by atoms with Crippen molar-refractivity contribution in [3.05, 3.63) is 69.2 Å². The lowest BCUT2D eigenvalue weighted by Gasteiger charge is -2.31. The average Bonchev–Trinajstić information content (AvgIpc) is 2.72. The lowest BCUT2D eigenvalue weighted by molar-refractivity contribution is -0.140. The Balaban J connectivity index is 2.26. The lowest BCUT2D eigenvalue weighted by Crippen LogP contribution is -2.49. The fourth-order valence-corrected chi connectivity index (χ4v) is 3.56. The predicted molar refractivity (Wildman–Crippen MR) is 124 cm³/mol. The van der Waals surface area contributed by atoms with Crippen molar-refractivity contribution < 1.29 is 9.59 Å². The maximum Gasteiger partial charge on any atom is 0.242 e. The van der Waals surface area contributed by atoms with Crippen LogP contribution in [0.25, 0.3) is 0 Å². The number of benzene rings is 2. The molecule has 1 atom stereocenters. The summed E-state index contributed by atoms with van der Waals surface area (Å²) in [5, 5.41) is 3.86. The van der Waals surface area contributed by atoms with E-state index in [-0.39, 0.29) is 18.2 Å². The molecule has 0 aliphatic heterocycles. The molecule has 2 aromatic rings. The first-order valence-electron chi connectivity index (χ1n) is 10.4. The van der Waals surface area contributed by atoms with Crippen molar-refractivity contribution in [3.8, 4) is 0 Å². The number of rotatable bonds is 10. The quantitative estimate of drug-likeness (QED) is 0.483. The molecular weight excluding hydrogens is 419 g/mol. The molecule has 0 unspecified atom stereocenters. The normalized spacial score (nSPS) is 11.8. The summed E-state index contributed by atoms with van der Waals surface area (Å²) in [4.78, 5) is 27.8. The number of nitrogens with zero attached hydrogens (tertiary/aromatic N) is 1. The second-order valence-electron chi connectivity index (χ2n) is 7.50. The van der Waals surface area contributed by atoms with Gasteiger partial charge in [-0.15, -0.1) is 0 Å². The number of nitrogens with one attached hydrogen (secondary N) is 1. The number of hydrogen-bond acceptors (Lipinski definition) is 2. The fourth-order valence-electron chi connectivity index (χ4n) is 3.24. The Labute approximate surface area is 189 Å². The van der Waals surface area contributed by atoms with Gasteiger partial charge in [0.1, 0.15) is 6.04 Å².